The molecule has 0 radical (unpaired) electrons. The number of urea groups is 1. The normalized spacial score (nSPS) is 15.3. The van der Waals surface area contributed by atoms with Gasteiger partial charge in [0.15, 0.2) is 0 Å². The molecule has 1 aliphatic rings. The van der Waals surface area contributed by atoms with Crippen molar-refractivity contribution in [3.05, 3.63) is 77.4 Å². The number of amides is 10. The zero-order chi connectivity index (χ0) is 57.8. The summed E-state index contributed by atoms with van der Waals surface area (Å²) in [7, 11) is 5.26. The van der Waals surface area contributed by atoms with Crippen molar-refractivity contribution in [2.24, 2.45) is 28.9 Å². The monoisotopic (exact) mass is 1070 g/mol. The van der Waals surface area contributed by atoms with Gasteiger partial charge in [0, 0.05) is 62.1 Å². The quantitative estimate of drug-likeness (QED) is 0.0354. The van der Waals surface area contributed by atoms with Crippen molar-refractivity contribution in [2.75, 3.05) is 46.1 Å². The van der Waals surface area contributed by atoms with Gasteiger partial charge in [-0.15, -0.1) is 0 Å². The van der Waals surface area contributed by atoms with Crippen LogP contribution in [0.5, 0.6) is 0 Å². The van der Waals surface area contributed by atoms with E-state index in [1.807, 2.05) is 97.8 Å². The highest BCUT2D eigenvalue weighted by Gasteiger charge is 2.42. The standard InChI is InChI=1S/C56H87N11O10/c1-34(2)42(62-52(74)46(55(6,7)8)64-53(75)47(66(12)13)56(9,10)39-18-15-14-16-19-39)32-36(5)48(70)65-77-33-37-21-23-40(24-22-37)60-50(72)41(20-17-29-59-54(57)76)61-51(73)45(35(3)4)63-43(68)25-26-44(69)67-30-27-38(28-31-67)49(71)58-11/h14-16,18-19,21-24,32,34-35,38,41-42,45-47H,17,20,25-31,33H2,1-13H3,(H,58,71)(H,60,72)(H,61,73)(H,62,74)(H,63,68)(H,64,75)(H,65,70)(H3,57,59,76)/b36-32+/t41-,42+,45-,46+,47+/m0/s1. The largest absolute Gasteiger partial charge is 0.359 e. The van der Waals surface area contributed by atoms with Crippen LogP contribution in [-0.2, 0) is 55.2 Å². The number of likely N-dealkylation sites (tertiary alicyclic amines) is 1. The van der Waals surface area contributed by atoms with Gasteiger partial charge in [0.1, 0.15) is 18.1 Å². The van der Waals surface area contributed by atoms with Crippen molar-refractivity contribution >= 4 is 59.0 Å². The maximum absolute atomic E-state index is 14.1. The van der Waals surface area contributed by atoms with E-state index in [1.54, 1.807) is 63.1 Å². The van der Waals surface area contributed by atoms with Crippen LogP contribution in [0.25, 0.3) is 0 Å². The molecule has 2 aromatic rings. The van der Waals surface area contributed by atoms with E-state index in [2.05, 4.69) is 42.7 Å². The number of piperidine rings is 1. The predicted molar refractivity (Wildman–Crippen MR) is 295 cm³/mol. The fourth-order valence-electron chi connectivity index (χ4n) is 9.10. The van der Waals surface area contributed by atoms with Gasteiger partial charge >= 0.3 is 6.03 Å². The average molecular weight is 1070 g/mol. The van der Waals surface area contributed by atoms with Crippen LogP contribution in [0.15, 0.2) is 66.2 Å². The lowest BCUT2D eigenvalue weighted by atomic mass is 9.76. The van der Waals surface area contributed by atoms with Gasteiger partial charge in [-0.3, -0.25) is 48.1 Å². The van der Waals surface area contributed by atoms with Gasteiger partial charge in [-0.2, -0.15) is 0 Å². The number of likely N-dealkylation sites (N-methyl/N-ethyl adjacent to an activating group) is 1. The molecule has 1 saturated heterocycles. The van der Waals surface area contributed by atoms with Gasteiger partial charge < -0.3 is 47.9 Å². The van der Waals surface area contributed by atoms with E-state index in [9.17, 15) is 43.2 Å². The molecule has 0 aromatic heterocycles. The zero-order valence-corrected chi connectivity index (χ0v) is 47.5. The molecule has 0 bridgehead atoms. The summed E-state index contributed by atoms with van der Waals surface area (Å²) in [4.78, 5) is 127. The Labute approximate surface area is 455 Å². The number of rotatable bonds is 27. The molecular formula is C56H87N11O10. The van der Waals surface area contributed by atoms with Crippen LogP contribution in [0, 0.1) is 23.2 Å². The van der Waals surface area contributed by atoms with Crippen LogP contribution in [0.3, 0.4) is 0 Å². The smallest absolute Gasteiger partial charge is 0.312 e. The van der Waals surface area contributed by atoms with Crippen molar-refractivity contribution in [3.8, 4) is 0 Å². The summed E-state index contributed by atoms with van der Waals surface area (Å²) in [6, 6.07) is 11.4. The molecule has 10 amide bonds. The van der Waals surface area contributed by atoms with Crippen LogP contribution in [0.1, 0.15) is 119 Å². The molecule has 0 aliphatic carbocycles. The molecule has 426 valence electrons. The highest BCUT2D eigenvalue weighted by atomic mass is 16.6. The highest BCUT2D eigenvalue weighted by molar-refractivity contribution is 5.99. The molecule has 77 heavy (non-hydrogen) atoms. The minimum Gasteiger partial charge on any atom is -0.359 e. The Hall–Kier alpha value is -6.87. The summed E-state index contributed by atoms with van der Waals surface area (Å²) in [5.41, 5.74) is 8.68. The van der Waals surface area contributed by atoms with E-state index in [-0.39, 0.29) is 74.0 Å². The molecule has 5 atom stereocenters. The van der Waals surface area contributed by atoms with E-state index in [1.165, 1.54) is 0 Å². The third kappa shape index (κ3) is 20.5. The molecule has 0 spiro atoms. The molecule has 3 rings (SSSR count). The van der Waals surface area contributed by atoms with Crippen molar-refractivity contribution in [3.63, 3.8) is 0 Å². The maximum atomic E-state index is 14.1. The number of nitrogens with zero attached hydrogens (tertiary/aromatic N) is 2. The van der Waals surface area contributed by atoms with Crippen LogP contribution < -0.4 is 48.4 Å². The van der Waals surface area contributed by atoms with Crippen molar-refractivity contribution in [2.45, 2.75) is 150 Å². The molecule has 2 aromatic carbocycles. The van der Waals surface area contributed by atoms with E-state index < -0.39 is 82.5 Å². The summed E-state index contributed by atoms with van der Waals surface area (Å²) in [5.74, 6) is -3.88. The van der Waals surface area contributed by atoms with Crippen LogP contribution in [0.4, 0.5) is 10.5 Å². The first-order valence-corrected chi connectivity index (χ1v) is 26.5. The third-order valence-electron chi connectivity index (χ3n) is 13.7. The summed E-state index contributed by atoms with van der Waals surface area (Å²) in [5, 5.41) is 19.5. The number of primary amides is 1. The first-order chi connectivity index (χ1) is 36.1. The lowest BCUT2D eigenvalue weighted by Gasteiger charge is -2.40. The van der Waals surface area contributed by atoms with Crippen molar-refractivity contribution < 1.29 is 48.0 Å². The topological polar surface area (TPSA) is 292 Å². The molecule has 0 unspecified atom stereocenters. The summed E-state index contributed by atoms with van der Waals surface area (Å²) in [6.07, 6.45) is 2.86. The predicted octanol–water partition coefficient (Wildman–Crippen LogP) is 3.54. The maximum Gasteiger partial charge on any atom is 0.312 e. The molecular weight excluding hydrogens is 987 g/mol. The molecule has 21 nitrogen and oxygen atoms in total. The number of hydroxylamine groups is 1. The van der Waals surface area contributed by atoms with Gasteiger partial charge in [0.05, 0.1) is 18.7 Å². The molecule has 0 saturated carbocycles. The Kier molecular flexibility index (Phi) is 25.2. The molecule has 1 heterocycles. The average Bonchev–Trinajstić information content (AvgIpc) is 3.36. The number of hydrogen-bond donors (Lipinski definition) is 9. The van der Waals surface area contributed by atoms with Gasteiger partial charge in [0.2, 0.25) is 41.4 Å². The third-order valence-corrected chi connectivity index (χ3v) is 13.7. The number of benzene rings is 2. The lowest BCUT2D eigenvalue weighted by Crippen LogP contribution is -2.61. The second-order valence-corrected chi connectivity index (χ2v) is 22.3. The number of carbonyl (C=O) groups is 9. The zero-order valence-electron chi connectivity index (χ0n) is 47.5. The van der Waals surface area contributed by atoms with Gasteiger partial charge in [-0.25, -0.2) is 10.3 Å². The first-order valence-electron chi connectivity index (χ1n) is 26.5. The van der Waals surface area contributed by atoms with Crippen molar-refractivity contribution in [1.82, 2.24) is 47.2 Å². The molecule has 10 N–H and O–H groups in total. The molecule has 1 aliphatic heterocycles. The Morgan fingerprint density at radius 1 is 0.779 bits per heavy atom. The second kappa shape index (κ2) is 30.2. The van der Waals surface area contributed by atoms with E-state index >= 15 is 0 Å². The number of anilines is 1. The Morgan fingerprint density at radius 2 is 1.40 bits per heavy atom. The summed E-state index contributed by atoms with van der Waals surface area (Å²) >= 11 is 0. The summed E-state index contributed by atoms with van der Waals surface area (Å²) < 4.78 is 0. The summed E-state index contributed by atoms with van der Waals surface area (Å²) in [6.45, 7) is 19.5. The fraction of sp³-hybridized carbons (Fsp3) is 0.589. The van der Waals surface area contributed by atoms with E-state index in [0.29, 0.717) is 37.2 Å². The number of carbonyl (C=O) groups excluding carboxylic acids is 9. The minimum atomic E-state index is -1.09. The van der Waals surface area contributed by atoms with Crippen LogP contribution in [0.2, 0.25) is 0 Å². The van der Waals surface area contributed by atoms with Crippen LogP contribution in [-0.4, -0.2) is 134 Å². The van der Waals surface area contributed by atoms with Crippen LogP contribution >= 0.6 is 0 Å². The van der Waals surface area contributed by atoms with Gasteiger partial charge in [-0.05, 0) is 87.2 Å². The Bertz CT molecular complexity index is 2360. The van der Waals surface area contributed by atoms with Crippen molar-refractivity contribution in [1.29, 1.82) is 0 Å². The van der Waals surface area contributed by atoms with Gasteiger partial charge in [-0.1, -0.05) is 111 Å². The molecule has 1 fully saturated rings. The van der Waals surface area contributed by atoms with E-state index in [4.69, 9.17) is 10.6 Å². The second-order valence-electron chi connectivity index (χ2n) is 22.3. The number of nitrogens with one attached hydrogen (secondary N) is 8. The SMILES string of the molecule is CNC(=O)C1CCN(C(=O)CCC(=O)N[C@H](C(=O)N[C@@H](CCCNC(N)=O)C(=O)Nc2ccc(CONC(=O)/C(C)=C/[C@@H](NC(=O)[C@@H](NC(=O)[C@@H](N(C)C)C(C)(C)c3ccccc3)C(C)(C)C)C(C)C)cc2)C(C)C)CC1. The fourth-order valence-corrected chi connectivity index (χ4v) is 9.10. The molecule has 21 heteroatoms. The highest BCUT2D eigenvalue weighted by Crippen LogP contribution is 2.31. The Morgan fingerprint density at radius 3 is 1.95 bits per heavy atom. The minimum absolute atomic E-state index is 0.0423. The van der Waals surface area contributed by atoms with Gasteiger partial charge in [0.25, 0.3) is 5.91 Å². The lowest BCUT2D eigenvalue weighted by molar-refractivity contribution is -0.137. The Balaban J connectivity index is 1.60. The van der Waals surface area contributed by atoms with E-state index in [0.717, 1.165) is 5.56 Å². The number of hydrogen-bond acceptors (Lipinski definition) is 11. The first kappa shape index (κ1) is 64.4. The number of nitrogens with two attached hydrogens (primary N) is 1.